The minimum atomic E-state index is -1.77. The van der Waals surface area contributed by atoms with Crippen LogP contribution in [0.15, 0.2) is 60.7 Å². The molecule has 3 aromatic carbocycles. The first-order valence-corrected chi connectivity index (χ1v) is 13.1. The van der Waals surface area contributed by atoms with Gasteiger partial charge < -0.3 is 20.8 Å². The maximum atomic E-state index is 13.9. The summed E-state index contributed by atoms with van der Waals surface area (Å²) >= 11 is 0. The number of carbonyl (C=O) groups is 4. The summed E-state index contributed by atoms with van der Waals surface area (Å²) in [7, 11) is 0. The van der Waals surface area contributed by atoms with Crippen LogP contribution in [0.25, 0.3) is 0 Å². The number of aliphatic hydroxyl groups is 1. The molecule has 0 saturated heterocycles. The number of rotatable bonds is 6. The van der Waals surface area contributed by atoms with E-state index in [1.165, 1.54) is 31.2 Å². The van der Waals surface area contributed by atoms with Crippen LogP contribution >= 0.6 is 0 Å². The highest BCUT2D eigenvalue weighted by molar-refractivity contribution is 6.10. The molecule has 40 heavy (non-hydrogen) atoms. The number of nitrogens with one attached hydrogen (secondary N) is 2. The summed E-state index contributed by atoms with van der Waals surface area (Å²) in [6.45, 7) is 8.89. The van der Waals surface area contributed by atoms with Gasteiger partial charge in [0, 0.05) is 23.7 Å². The van der Waals surface area contributed by atoms with E-state index in [1.54, 1.807) is 6.07 Å². The minimum Gasteiger partial charge on any atom is -0.478 e. The van der Waals surface area contributed by atoms with Gasteiger partial charge in [0.05, 0.1) is 17.1 Å². The van der Waals surface area contributed by atoms with E-state index in [2.05, 4.69) is 10.6 Å². The van der Waals surface area contributed by atoms with Crippen LogP contribution in [0.2, 0.25) is 0 Å². The molecule has 8 heteroatoms. The van der Waals surface area contributed by atoms with Crippen LogP contribution in [-0.2, 0) is 14.4 Å². The number of carboxylic acids is 1. The Morgan fingerprint density at radius 1 is 0.800 bits per heavy atom. The zero-order chi connectivity index (χ0) is 29.4. The average molecular weight is 543 g/mol. The number of aromatic carboxylic acids is 1. The van der Waals surface area contributed by atoms with Crippen LogP contribution < -0.4 is 10.6 Å². The van der Waals surface area contributed by atoms with E-state index in [-0.39, 0.29) is 5.56 Å². The molecule has 3 aromatic rings. The lowest BCUT2D eigenvalue weighted by Gasteiger charge is -2.44. The van der Waals surface area contributed by atoms with Gasteiger partial charge in [0.2, 0.25) is 11.8 Å². The van der Waals surface area contributed by atoms with Gasteiger partial charge in [-0.2, -0.15) is 0 Å². The Kier molecular flexibility index (Phi) is 7.93. The summed E-state index contributed by atoms with van der Waals surface area (Å²) in [6, 6.07) is 16.9. The van der Waals surface area contributed by atoms with Gasteiger partial charge in [-0.1, -0.05) is 36.4 Å². The van der Waals surface area contributed by atoms with Gasteiger partial charge in [-0.15, -0.1) is 0 Å². The molecule has 0 radical (unpaired) electrons. The molecule has 1 aliphatic rings. The largest absolute Gasteiger partial charge is 0.478 e. The highest BCUT2D eigenvalue weighted by Crippen LogP contribution is 2.47. The van der Waals surface area contributed by atoms with E-state index in [4.69, 9.17) is 0 Å². The van der Waals surface area contributed by atoms with Crippen molar-refractivity contribution >= 4 is 34.9 Å². The molecule has 0 spiro atoms. The van der Waals surface area contributed by atoms with Crippen molar-refractivity contribution in [2.24, 2.45) is 11.8 Å². The van der Waals surface area contributed by atoms with Gasteiger partial charge >= 0.3 is 5.97 Å². The predicted octanol–water partition coefficient (Wildman–Crippen LogP) is 4.94. The van der Waals surface area contributed by atoms with E-state index in [0.717, 1.165) is 22.3 Å². The second-order valence-corrected chi connectivity index (χ2v) is 11.0. The summed E-state index contributed by atoms with van der Waals surface area (Å²) in [4.78, 5) is 52.7. The Balaban J connectivity index is 1.81. The molecule has 8 nitrogen and oxygen atoms in total. The summed E-state index contributed by atoms with van der Waals surface area (Å²) < 4.78 is 0. The normalized spacial score (nSPS) is 22.4. The van der Waals surface area contributed by atoms with Gasteiger partial charge in [-0.25, -0.2) is 4.79 Å². The van der Waals surface area contributed by atoms with Crippen LogP contribution in [0.1, 0.15) is 57.4 Å². The maximum absolute atomic E-state index is 13.9. The van der Waals surface area contributed by atoms with E-state index in [1.807, 2.05) is 58.0 Å². The van der Waals surface area contributed by atoms with Crippen LogP contribution in [0, 0.1) is 39.5 Å². The number of Topliss-reactive ketones (excluding diaryl/α,β-unsaturated/α-hetero) is 1. The molecule has 2 amide bonds. The lowest BCUT2D eigenvalue weighted by Crippen LogP contribution is -2.56. The average Bonchev–Trinajstić information content (AvgIpc) is 2.87. The van der Waals surface area contributed by atoms with Crippen molar-refractivity contribution in [3.63, 3.8) is 0 Å². The molecular weight excluding hydrogens is 508 g/mol. The Morgan fingerprint density at radius 2 is 1.30 bits per heavy atom. The predicted molar refractivity (Wildman–Crippen MR) is 152 cm³/mol. The molecule has 1 aliphatic carbocycles. The molecule has 4 N–H and O–H groups in total. The maximum Gasteiger partial charge on any atom is 0.335 e. The first-order chi connectivity index (χ1) is 18.8. The van der Waals surface area contributed by atoms with Crippen LogP contribution in [0.3, 0.4) is 0 Å². The van der Waals surface area contributed by atoms with Gasteiger partial charge in [-0.05, 0) is 86.7 Å². The fourth-order valence-electron chi connectivity index (χ4n) is 5.50. The Morgan fingerprint density at radius 3 is 1.80 bits per heavy atom. The van der Waals surface area contributed by atoms with Crippen LogP contribution in [0.4, 0.5) is 11.4 Å². The van der Waals surface area contributed by atoms with Crippen molar-refractivity contribution in [2.45, 2.75) is 52.6 Å². The van der Waals surface area contributed by atoms with Gasteiger partial charge in [-0.3, -0.25) is 14.4 Å². The molecule has 0 aliphatic heterocycles. The first kappa shape index (κ1) is 28.7. The molecular formula is C32H34N2O6. The second-order valence-electron chi connectivity index (χ2n) is 11.0. The minimum absolute atomic E-state index is 0.0189. The smallest absolute Gasteiger partial charge is 0.335 e. The molecule has 1 fully saturated rings. The molecule has 4 unspecified atom stereocenters. The lowest BCUT2D eigenvalue weighted by atomic mass is 9.61. The van der Waals surface area contributed by atoms with E-state index >= 15 is 0 Å². The first-order valence-electron chi connectivity index (χ1n) is 13.1. The molecule has 4 rings (SSSR count). The van der Waals surface area contributed by atoms with Crippen molar-refractivity contribution in [3.8, 4) is 0 Å². The number of hydrogen-bond acceptors (Lipinski definition) is 5. The Hall–Kier alpha value is -4.30. The Labute approximate surface area is 233 Å². The number of aryl methyl sites for hydroxylation is 4. The van der Waals surface area contributed by atoms with Crippen LogP contribution in [-0.4, -0.2) is 39.4 Å². The monoisotopic (exact) mass is 542 g/mol. The van der Waals surface area contributed by atoms with Gasteiger partial charge in [0.15, 0.2) is 0 Å². The SMILES string of the molecule is Cc1ccc(C)c(NC(=O)C2C(=O)CC(C)(O)C(C(=O)Nc3cc(C)ccc3C)C2c2ccc(C(=O)O)cc2)c1. The standard InChI is InChI=1S/C32H34N2O6/c1-17-6-8-19(3)23(14-17)33-29(36)27-25(35)16-32(5,40)28(26(27)21-10-12-22(13-11-21)31(38)39)30(37)34-24-15-18(2)7-9-20(24)4/h6-15,26-28,40H,16H2,1-5H3,(H,33,36)(H,34,37)(H,38,39). The number of benzene rings is 3. The number of hydrogen-bond donors (Lipinski definition) is 4. The zero-order valence-electron chi connectivity index (χ0n) is 23.2. The quantitative estimate of drug-likeness (QED) is 0.326. The van der Waals surface area contributed by atoms with Crippen LogP contribution in [0.5, 0.6) is 0 Å². The number of amides is 2. The third-order valence-corrected chi connectivity index (χ3v) is 7.68. The van der Waals surface area contributed by atoms with Crippen molar-refractivity contribution in [1.29, 1.82) is 0 Å². The van der Waals surface area contributed by atoms with E-state index < -0.39 is 53.3 Å². The topological polar surface area (TPSA) is 133 Å². The fraction of sp³-hybridized carbons (Fsp3) is 0.312. The Bertz CT molecular complexity index is 1490. The molecule has 0 heterocycles. The summed E-state index contributed by atoms with van der Waals surface area (Å²) in [5, 5.41) is 26.7. The van der Waals surface area contributed by atoms with Crippen molar-refractivity contribution < 1.29 is 29.4 Å². The third-order valence-electron chi connectivity index (χ3n) is 7.68. The van der Waals surface area contributed by atoms with Crippen molar-refractivity contribution in [1.82, 2.24) is 0 Å². The lowest BCUT2D eigenvalue weighted by molar-refractivity contribution is -0.150. The van der Waals surface area contributed by atoms with Gasteiger partial charge in [0.25, 0.3) is 0 Å². The number of anilines is 2. The van der Waals surface area contributed by atoms with E-state index in [9.17, 15) is 29.4 Å². The highest BCUT2D eigenvalue weighted by Gasteiger charge is 2.56. The molecule has 1 saturated carbocycles. The number of carboxylic acid groups (broad SMARTS) is 1. The molecule has 4 atom stereocenters. The third kappa shape index (κ3) is 5.82. The highest BCUT2D eigenvalue weighted by atomic mass is 16.4. The van der Waals surface area contributed by atoms with Gasteiger partial charge in [0.1, 0.15) is 11.7 Å². The summed E-state index contributed by atoms with van der Waals surface area (Å²) in [5.41, 5.74) is 3.23. The van der Waals surface area contributed by atoms with Crippen molar-refractivity contribution in [3.05, 3.63) is 94.0 Å². The molecule has 208 valence electrons. The fourth-order valence-corrected chi connectivity index (χ4v) is 5.50. The number of carbonyl (C=O) groups excluding carboxylic acids is 3. The molecule has 0 bridgehead atoms. The summed E-state index contributed by atoms with van der Waals surface area (Å²) in [5.74, 6) is -6.33. The molecule has 0 aromatic heterocycles. The number of ketones is 1. The zero-order valence-corrected chi connectivity index (χ0v) is 23.2. The van der Waals surface area contributed by atoms with E-state index in [0.29, 0.717) is 16.9 Å². The van der Waals surface area contributed by atoms with Crippen molar-refractivity contribution in [2.75, 3.05) is 10.6 Å². The summed E-state index contributed by atoms with van der Waals surface area (Å²) in [6.07, 6.45) is -0.396. The second kappa shape index (κ2) is 11.1.